The summed E-state index contributed by atoms with van der Waals surface area (Å²) in [6, 6.07) is 1.51. The molecule has 0 saturated heterocycles. The van der Waals surface area contributed by atoms with E-state index in [1.807, 2.05) is 0 Å². The Labute approximate surface area is 115 Å². The molecule has 1 fully saturated rings. The van der Waals surface area contributed by atoms with Crippen LogP contribution in [0.1, 0.15) is 19.3 Å². The fourth-order valence-electron chi connectivity index (χ4n) is 2.08. The lowest BCUT2D eigenvalue weighted by molar-refractivity contribution is 0.178. The molecule has 1 aliphatic rings. The molecule has 1 aromatic heterocycles. The zero-order valence-electron chi connectivity index (χ0n) is 9.71. The van der Waals surface area contributed by atoms with Gasteiger partial charge >= 0.3 is 0 Å². The predicted molar refractivity (Wildman–Crippen MR) is 70.5 cm³/mol. The van der Waals surface area contributed by atoms with E-state index in [0.29, 0.717) is 17.4 Å². The lowest BCUT2D eigenvalue weighted by atomic mass is 10.1. The molecular formula is C11H15BrN2O3S. The zero-order valence-corrected chi connectivity index (χ0v) is 12.1. The largest absolute Gasteiger partial charge is 0.393 e. The van der Waals surface area contributed by atoms with Crippen molar-refractivity contribution in [3.8, 4) is 0 Å². The number of hydrogen-bond acceptors (Lipinski definition) is 4. The summed E-state index contributed by atoms with van der Waals surface area (Å²) >= 11 is 3.19. The van der Waals surface area contributed by atoms with Crippen LogP contribution < -0.4 is 4.72 Å². The van der Waals surface area contributed by atoms with E-state index in [4.69, 9.17) is 0 Å². The average Bonchev–Trinajstić information content (AvgIpc) is 2.73. The van der Waals surface area contributed by atoms with Crippen molar-refractivity contribution in [2.75, 3.05) is 6.54 Å². The molecule has 18 heavy (non-hydrogen) atoms. The first-order valence-corrected chi connectivity index (χ1v) is 8.03. The fraction of sp³-hybridized carbons (Fsp3) is 0.545. The van der Waals surface area contributed by atoms with Gasteiger partial charge in [-0.2, -0.15) is 0 Å². The van der Waals surface area contributed by atoms with Gasteiger partial charge in [-0.3, -0.25) is 4.98 Å². The lowest BCUT2D eigenvalue weighted by Crippen LogP contribution is -2.28. The van der Waals surface area contributed by atoms with Crippen LogP contribution in [0.3, 0.4) is 0 Å². The van der Waals surface area contributed by atoms with Gasteiger partial charge in [0.2, 0.25) is 10.0 Å². The first kappa shape index (κ1) is 13.9. The second-order valence-electron chi connectivity index (χ2n) is 4.52. The molecule has 1 heterocycles. The Bertz CT molecular complexity index is 521. The molecule has 0 radical (unpaired) electrons. The second kappa shape index (κ2) is 5.64. The highest BCUT2D eigenvalue weighted by atomic mass is 79.9. The van der Waals surface area contributed by atoms with Crippen LogP contribution in [0.15, 0.2) is 27.8 Å². The minimum Gasteiger partial charge on any atom is -0.393 e. The Kier molecular flexibility index (Phi) is 4.37. The van der Waals surface area contributed by atoms with E-state index in [1.54, 1.807) is 0 Å². The smallest absolute Gasteiger partial charge is 0.242 e. The molecule has 1 aliphatic carbocycles. The van der Waals surface area contributed by atoms with Gasteiger partial charge in [-0.1, -0.05) is 0 Å². The molecule has 7 heteroatoms. The molecule has 100 valence electrons. The van der Waals surface area contributed by atoms with Crippen molar-refractivity contribution in [3.63, 3.8) is 0 Å². The van der Waals surface area contributed by atoms with Crippen molar-refractivity contribution in [1.82, 2.24) is 9.71 Å². The summed E-state index contributed by atoms with van der Waals surface area (Å²) < 4.78 is 27.2. The number of nitrogens with zero attached hydrogens (tertiary/aromatic N) is 1. The maximum absolute atomic E-state index is 12.0. The van der Waals surface area contributed by atoms with Crippen molar-refractivity contribution in [1.29, 1.82) is 0 Å². The summed E-state index contributed by atoms with van der Waals surface area (Å²) in [5.74, 6) is 0.217. The Morgan fingerprint density at radius 1 is 1.44 bits per heavy atom. The van der Waals surface area contributed by atoms with Gasteiger partial charge in [0, 0.05) is 23.4 Å². The maximum atomic E-state index is 12.0. The molecule has 0 aromatic carbocycles. The molecule has 0 aliphatic heterocycles. The summed E-state index contributed by atoms with van der Waals surface area (Å²) in [6.07, 6.45) is 4.85. The average molecular weight is 335 g/mol. The molecule has 5 nitrogen and oxygen atoms in total. The topological polar surface area (TPSA) is 79.3 Å². The van der Waals surface area contributed by atoms with Crippen LogP contribution in [0.2, 0.25) is 0 Å². The lowest BCUT2D eigenvalue weighted by Gasteiger charge is -2.11. The van der Waals surface area contributed by atoms with E-state index in [1.165, 1.54) is 18.5 Å². The third-order valence-electron chi connectivity index (χ3n) is 3.07. The standard InChI is InChI=1S/C11H15BrN2O3S/c12-9-4-11(7-13-6-9)18(16,17)14-5-8-1-2-10(15)3-8/h4,6-8,10,14-15H,1-3,5H2. The van der Waals surface area contributed by atoms with Crippen LogP contribution in [0.5, 0.6) is 0 Å². The molecule has 1 aromatic rings. The normalized spacial score (nSPS) is 24.3. The minimum atomic E-state index is -3.51. The molecule has 2 N–H and O–H groups in total. The Hall–Kier alpha value is -0.500. The van der Waals surface area contributed by atoms with Crippen molar-refractivity contribution in [2.45, 2.75) is 30.3 Å². The van der Waals surface area contributed by atoms with E-state index < -0.39 is 10.0 Å². The molecule has 1 saturated carbocycles. The van der Waals surface area contributed by atoms with Crippen LogP contribution in [-0.4, -0.2) is 31.2 Å². The van der Waals surface area contributed by atoms with Gasteiger partial charge in [0.1, 0.15) is 4.90 Å². The number of aliphatic hydroxyl groups is 1. The summed E-state index contributed by atoms with van der Waals surface area (Å²) in [6.45, 7) is 0.367. The monoisotopic (exact) mass is 334 g/mol. The van der Waals surface area contributed by atoms with Gasteiger partial charge in [-0.25, -0.2) is 13.1 Å². The third kappa shape index (κ3) is 3.50. The van der Waals surface area contributed by atoms with Gasteiger partial charge in [-0.05, 0) is 47.2 Å². The second-order valence-corrected chi connectivity index (χ2v) is 7.21. The number of nitrogens with one attached hydrogen (secondary N) is 1. The number of sulfonamides is 1. The maximum Gasteiger partial charge on any atom is 0.242 e. The summed E-state index contributed by atoms with van der Waals surface area (Å²) in [7, 11) is -3.51. The van der Waals surface area contributed by atoms with E-state index in [0.717, 1.165) is 12.8 Å². The van der Waals surface area contributed by atoms with Gasteiger partial charge < -0.3 is 5.11 Å². The van der Waals surface area contributed by atoms with Crippen molar-refractivity contribution in [3.05, 3.63) is 22.9 Å². The molecule has 2 rings (SSSR count). The number of rotatable bonds is 4. The molecule has 2 unspecified atom stereocenters. The molecule has 0 spiro atoms. The third-order valence-corrected chi connectivity index (χ3v) is 4.89. The SMILES string of the molecule is O=S(=O)(NCC1CCC(O)C1)c1cncc(Br)c1. The molecule has 2 atom stereocenters. The zero-order chi connectivity index (χ0) is 13.2. The van der Waals surface area contributed by atoms with Gasteiger partial charge in [-0.15, -0.1) is 0 Å². The van der Waals surface area contributed by atoms with E-state index in [9.17, 15) is 13.5 Å². The number of aromatic nitrogens is 1. The Morgan fingerprint density at radius 3 is 2.83 bits per heavy atom. The highest BCUT2D eigenvalue weighted by molar-refractivity contribution is 9.10. The number of hydrogen-bond donors (Lipinski definition) is 2. The number of aliphatic hydroxyl groups excluding tert-OH is 1. The molecule has 0 bridgehead atoms. The minimum absolute atomic E-state index is 0.149. The first-order valence-electron chi connectivity index (χ1n) is 5.75. The van der Waals surface area contributed by atoms with Crippen LogP contribution in [-0.2, 0) is 10.0 Å². The van der Waals surface area contributed by atoms with Gasteiger partial charge in [0.25, 0.3) is 0 Å². The highest BCUT2D eigenvalue weighted by Gasteiger charge is 2.24. The molecule has 0 amide bonds. The summed E-state index contributed by atoms with van der Waals surface area (Å²) in [4.78, 5) is 3.98. The van der Waals surface area contributed by atoms with E-state index >= 15 is 0 Å². The fourth-order valence-corrected chi connectivity index (χ4v) is 3.70. The first-order chi connectivity index (χ1) is 8.47. The van der Waals surface area contributed by atoms with Gasteiger partial charge in [0.05, 0.1) is 6.10 Å². The highest BCUT2D eigenvalue weighted by Crippen LogP contribution is 2.25. The number of halogens is 1. The summed E-state index contributed by atoms with van der Waals surface area (Å²) in [5, 5.41) is 9.39. The Balaban J connectivity index is 1.99. The Morgan fingerprint density at radius 2 is 2.22 bits per heavy atom. The van der Waals surface area contributed by atoms with Crippen LogP contribution in [0, 0.1) is 5.92 Å². The molecular weight excluding hydrogens is 320 g/mol. The van der Waals surface area contributed by atoms with Gasteiger partial charge in [0.15, 0.2) is 0 Å². The quantitative estimate of drug-likeness (QED) is 0.869. The van der Waals surface area contributed by atoms with Crippen molar-refractivity contribution < 1.29 is 13.5 Å². The van der Waals surface area contributed by atoms with Crippen LogP contribution in [0.25, 0.3) is 0 Å². The predicted octanol–water partition coefficient (Wildman–Crippen LogP) is 1.28. The van der Waals surface area contributed by atoms with E-state index in [2.05, 4.69) is 25.6 Å². The van der Waals surface area contributed by atoms with Crippen LogP contribution >= 0.6 is 15.9 Å². The van der Waals surface area contributed by atoms with Crippen molar-refractivity contribution in [2.24, 2.45) is 5.92 Å². The summed E-state index contributed by atoms with van der Waals surface area (Å²) in [5.41, 5.74) is 0. The number of pyridine rings is 1. The van der Waals surface area contributed by atoms with Crippen molar-refractivity contribution >= 4 is 26.0 Å². The van der Waals surface area contributed by atoms with E-state index in [-0.39, 0.29) is 16.9 Å². The van der Waals surface area contributed by atoms with Crippen LogP contribution in [0.4, 0.5) is 0 Å².